The Morgan fingerprint density at radius 3 is 0.714 bits per heavy atom. The van der Waals surface area contributed by atoms with Gasteiger partial charge in [-0.1, -0.05) is 0 Å². The van der Waals surface area contributed by atoms with E-state index in [0.717, 1.165) is 0 Å². The molecule has 38 valence electrons. The third-order valence-electron chi connectivity index (χ3n) is 0. The van der Waals surface area contributed by atoms with Gasteiger partial charge in [-0.05, 0) is 0 Å². The average molecular weight is 274 g/mol. The minimum absolute atomic E-state index is 0. The standard InChI is InChI=1S/H4O4Si.2Y/c1-5(2,3)4;;/h1-4H;;. The summed E-state index contributed by atoms with van der Waals surface area (Å²) in [7, 11) is -4.61. The van der Waals surface area contributed by atoms with E-state index in [1.165, 1.54) is 0 Å². The van der Waals surface area contributed by atoms with Gasteiger partial charge in [0.05, 0.1) is 0 Å². The normalized spacial score (nSPS) is 8.57. The Balaban J connectivity index is -0.0000000800. The summed E-state index contributed by atoms with van der Waals surface area (Å²) in [5, 5.41) is 0. The average Bonchev–Trinajstić information content (AvgIpc) is 0.722. The van der Waals surface area contributed by atoms with Crippen LogP contribution in [0.5, 0.6) is 0 Å². The minimum Gasteiger partial charge on any atom is -0.368 e. The molecule has 0 bridgehead atoms. The van der Waals surface area contributed by atoms with Gasteiger partial charge < -0.3 is 19.2 Å². The monoisotopic (exact) mass is 274 g/mol. The molecule has 7 heteroatoms. The van der Waals surface area contributed by atoms with E-state index in [0.29, 0.717) is 0 Å². The first-order chi connectivity index (χ1) is 2.00. The first kappa shape index (κ1) is 16.1. The molecular formula is H4O4SiY2. The topological polar surface area (TPSA) is 80.9 Å². The maximum absolute atomic E-state index is 7.33. The van der Waals surface area contributed by atoms with Crippen molar-refractivity contribution in [2.45, 2.75) is 0 Å². The van der Waals surface area contributed by atoms with Crippen LogP contribution in [0.25, 0.3) is 0 Å². The predicted octanol–water partition coefficient (Wildman–Crippen LogP) is -2.61. The molecule has 0 saturated heterocycles. The second-order valence-electron chi connectivity index (χ2n) is 0.600. The Morgan fingerprint density at radius 1 is 0.714 bits per heavy atom. The van der Waals surface area contributed by atoms with Crippen LogP contribution in [0.2, 0.25) is 0 Å². The Bertz CT molecular complexity index is 25.2. The molecule has 0 heterocycles. The van der Waals surface area contributed by atoms with E-state index in [4.69, 9.17) is 19.2 Å². The van der Waals surface area contributed by atoms with E-state index in [1.54, 1.807) is 0 Å². The van der Waals surface area contributed by atoms with Gasteiger partial charge in [0.15, 0.2) is 0 Å². The summed E-state index contributed by atoms with van der Waals surface area (Å²) in [5.41, 5.74) is 0. The van der Waals surface area contributed by atoms with Crippen LogP contribution in [0, 0.1) is 0 Å². The quantitative estimate of drug-likeness (QED) is 0.365. The van der Waals surface area contributed by atoms with Crippen molar-refractivity contribution in [1.82, 2.24) is 0 Å². The van der Waals surface area contributed by atoms with Crippen molar-refractivity contribution in [3.63, 3.8) is 0 Å². The van der Waals surface area contributed by atoms with Gasteiger partial charge >= 0.3 is 9.05 Å². The molecule has 2 radical (unpaired) electrons. The fourth-order valence-electron chi connectivity index (χ4n) is 0. The molecule has 4 nitrogen and oxygen atoms in total. The maximum Gasteiger partial charge on any atom is 0.668 e. The zero-order chi connectivity index (χ0) is 4.50. The molecule has 0 aliphatic heterocycles. The van der Waals surface area contributed by atoms with Crippen molar-refractivity contribution in [1.29, 1.82) is 0 Å². The minimum atomic E-state index is -4.61. The third-order valence-corrected chi connectivity index (χ3v) is 0. The van der Waals surface area contributed by atoms with Crippen molar-refractivity contribution in [3.8, 4) is 0 Å². The van der Waals surface area contributed by atoms with Gasteiger partial charge in [-0.25, -0.2) is 0 Å². The SMILES string of the molecule is O[Si](O)(O)O.[Y].[Y]. The van der Waals surface area contributed by atoms with Crippen molar-refractivity contribution >= 4 is 9.05 Å². The molecule has 0 atom stereocenters. The van der Waals surface area contributed by atoms with Gasteiger partial charge in [0.25, 0.3) is 0 Å². The fraction of sp³-hybridized carbons (Fsp3) is 0. The summed E-state index contributed by atoms with van der Waals surface area (Å²) in [4.78, 5) is 29.3. The molecule has 0 aliphatic rings. The first-order valence-corrected chi connectivity index (χ1v) is 2.68. The van der Waals surface area contributed by atoms with Crippen molar-refractivity contribution in [3.05, 3.63) is 0 Å². The molecule has 0 unspecified atom stereocenters. The van der Waals surface area contributed by atoms with E-state index in [1.807, 2.05) is 0 Å². The summed E-state index contributed by atoms with van der Waals surface area (Å²) < 4.78 is 0. The molecule has 0 aromatic heterocycles. The Kier molecular flexibility index (Phi) is 14.7. The molecule has 0 aromatic rings. The van der Waals surface area contributed by atoms with Crippen molar-refractivity contribution < 1.29 is 84.6 Å². The van der Waals surface area contributed by atoms with Crippen LogP contribution in [-0.4, -0.2) is 28.2 Å². The number of hydrogen-bond donors (Lipinski definition) is 4. The van der Waals surface area contributed by atoms with Crippen LogP contribution >= 0.6 is 0 Å². The van der Waals surface area contributed by atoms with Gasteiger partial charge in [0.1, 0.15) is 0 Å². The number of hydrogen-bond acceptors (Lipinski definition) is 4. The summed E-state index contributed by atoms with van der Waals surface area (Å²) in [6.07, 6.45) is 0. The van der Waals surface area contributed by atoms with Crippen LogP contribution in [0.4, 0.5) is 0 Å². The summed E-state index contributed by atoms with van der Waals surface area (Å²) >= 11 is 0. The summed E-state index contributed by atoms with van der Waals surface area (Å²) in [6, 6.07) is 0. The zero-order valence-corrected chi connectivity index (χ0v) is 10.1. The molecule has 0 amide bonds. The molecular weight excluding hydrogens is 270 g/mol. The van der Waals surface area contributed by atoms with Crippen LogP contribution in [0.15, 0.2) is 0 Å². The molecule has 7 heavy (non-hydrogen) atoms. The van der Waals surface area contributed by atoms with Crippen molar-refractivity contribution in [2.75, 3.05) is 0 Å². The smallest absolute Gasteiger partial charge is 0.368 e. The predicted molar refractivity (Wildman–Crippen MR) is 14.6 cm³/mol. The van der Waals surface area contributed by atoms with Gasteiger partial charge in [0.2, 0.25) is 0 Å². The van der Waals surface area contributed by atoms with E-state index >= 15 is 0 Å². The maximum atomic E-state index is 7.33. The van der Waals surface area contributed by atoms with Crippen molar-refractivity contribution in [2.24, 2.45) is 0 Å². The van der Waals surface area contributed by atoms with Gasteiger partial charge in [-0.3, -0.25) is 0 Å². The molecule has 0 fully saturated rings. The Labute approximate surface area is 92.2 Å². The van der Waals surface area contributed by atoms with E-state index in [2.05, 4.69) is 0 Å². The second kappa shape index (κ2) is 6.39. The van der Waals surface area contributed by atoms with Crippen LogP contribution in [0.3, 0.4) is 0 Å². The molecule has 0 aromatic carbocycles. The molecule has 0 aliphatic carbocycles. The molecule has 0 saturated carbocycles. The van der Waals surface area contributed by atoms with Gasteiger partial charge in [-0.2, -0.15) is 0 Å². The number of rotatable bonds is 0. The largest absolute Gasteiger partial charge is 0.668 e. The Hall–Kier alpha value is 2.26. The van der Waals surface area contributed by atoms with E-state index < -0.39 is 9.05 Å². The van der Waals surface area contributed by atoms with Crippen LogP contribution in [0.1, 0.15) is 0 Å². The van der Waals surface area contributed by atoms with Gasteiger partial charge in [0, 0.05) is 65.4 Å². The third kappa shape index (κ3) is 63.2. The fourth-order valence-corrected chi connectivity index (χ4v) is 0. The van der Waals surface area contributed by atoms with E-state index in [9.17, 15) is 0 Å². The molecule has 4 N–H and O–H groups in total. The molecule has 0 spiro atoms. The summed E-state index contributed by atoms with van der Waals surface area (Å²) in [5.74, 6) is 0. The Morgan fingerprint density at radius 2 is 0.714 bits per heavy atom. The van der Waals surface area contributed by atoms with Gasteiger partial charge in [-0.15, -0.1) is 0 Å². The zero-order valence-electron chi connectivity index (χ0n) is 3.44. The van der Waals surface area contributed by atoms with E-state index in [-0.39, 0.29) is 65.4 Å². The second-order valence-corrected chi connectivity index (χ2v) is 1.80. The van der Waals surface area contributed by atoms with Crippen LogP contribution in [-0.2, 0) is 65.4 Å². The molecule has 0 rings (SSSR count). The van der Waals surface area contributed by atoms with Crippen LogP contribution < -0.4 is 0 Å². The first-order valence-electron chi connectivity index (χ1n) is 0.894. The summed E-state index contributed by atoms with van der Waals surface area (Å²) in [6.45, 7) is 0.